The SMILES string of the molecule is O=C1[C@@H]2C[C@@H](CN2C2CCOCC2)Oc2ccccc2N1Cc1ccc(OC(F)(F)F)cc1. The summed E-state index contributed by atoms with van der Waals surface area (Å²) in [5.74, 6) is 0.328. The number of rotatable bonds is 4. The van der Waals surface area contributed by atoms with Gasteiger partial charge in [0.25, 0.3) is 0 Å². The van der Waals surface area contributed by atoms with Crippen LogP contribution in [0, 0.1) is 0 Å². The molecule has 2 fully saturated rings. The average molecular weight is 462 g/mol. The van der Waals surface area contributed by atoms with E-state index in [4.69, 9.17) is 9.47 Å². The van der Waals surface area contributed by atoms with Gasteiger partial charge in [0.1, 0.15) is 17.6 Å². The number of carbonyl (C=O) groups excluding carboxylic acids is 1. The van der Waals surface area contributed by atoms with E-state index in [9.17, 15) is 18.0 Å². The number of likely N-dealkylation sites (tertiary alicyclic amines) is 1. The summed E-state index contributed by atoms with van der Waals surface area (Å²) in [6, 6.07) is 13.0. The van der Waals surface area contributed by atoms with Crippen LogP contribution in [0.1, 0.15) is 24.8 Å². The van der Waals surface area contributed by atoms with Crippen molar-refractivity contribution in [1.29, 1.82) is 0 Å². The second-order valence-electron chi connectivity index (χ2n) is 8.62. The molecule has 2 aromatic rings. The Morgan fingerprint density at radius 2 is 1.76 bits per heavy atom. The quantitative estimate of drug-likeness (QED) is 0.684. The number of anilines is 1. The summed E-state index contributed by atoms with van der Waals surface area (Å²) in [7, 11) is 0. The minimum atomic E-state index is -4.75. The molecular formula is C24H25F3N2O4. The highest BCUT2D eigenvalue weighted by atomic mass is 19.4. The molecule has 0 radical (unpaired) electrons. The van der Waals surface area contributed by atoms with Gasteiger partial charge in [-0.25, -0.2) is 0 Å². The minimum Gasteiger partial charge on any atom is -0.487 e. The number of ether oxygens (including phenoxy) is 3. The zero-order valence-corrected chi connectivity index (χ0v) is 18.0. The standard InChI is InChI=1S/C24H25F3N2O4/c25-24(26,27)33-18-7-5-16(6-8-18)14-29-20-3-1-2-4-22(20)32-19-13-21(23(29)30)28(15-19)17-9-11-31-12-10-17/h1-8,17,19,21H,9-15H2/t19-,21-/m0/s1. The molecule has 2 atom stereocenters. The van der Waals surface area contributed by atoms with Gasteiger partial charge in [-0.05, 0) is 42.7 Å². The maximum absolute atomic E-state index is 13.9. The summed E-state index contributed by atoms with van der Waals surface area (Å²) in [6.07, 6.45) is -2.44. The third kappa shape index (κ3) is 4.79. The Labute approximate surface area is 189 Å². The number of hydrogen-bond donors (Lipinski definition) is 0. The maximum atomic E-state index is 13.9. The summed E-state index contributed by atoms with van der Waals surface area (Å²) in [6.45, 7) is 2.27. The van der Waals surface area contributed by atoms with Crippen LogP contribution in [-0.2, 0) is 16.1 Å². The molecule has 0 spiro atoms. The Balaban J connectivity index is 1.43. The number of carbonyl (C=O) groups is 1. The zero-order chi connectivity index (χ0) is 23.0. The summed E-state index contributed by atoms with van der Waals surface area (Å²) < 4.78 is 53.3. The first-order valence-electron chi connectivity index (χ1n) is 11.1. The fourth-order valence-corrected chi connectivity index (χ4v) is 4.97. The molecule has 3 aliphatic heterocycles. The topological polar surface area (TPSA) is 51.2 Å². The van der Waals surface area contributed by atoms with Crippen molar-refractivity contribution in [1.82, 2.24) is 4.90 Å². The van der Waals surface area contributed by atoms with E-state index >= 15 is 0 Å². The largest absolute Gasteiger partial charge is 0.573 e. The Hall–Kier alpha value is -2.78. The van der Waals surface area contributed by atoms with E-state index in [1.807, 2.05) is 24.3 Å². The Kier molecular flexibility index (Phi) is 5.92. The third-order valence-corrected chi connectivity index (χ3v) is 6.46. The molecule has 0 aliphatic carbocycles. The number of nitrogens with zero attached hydrogens (tertiary/aromatic N) is 2. The molecule has 5 rings (SSSR count). The number of amides is 1. The summed E-state index contributed by atoms with van der Waals surface area (Å²) in [4.78, 5) is 17.8. The van der Waals surface area contributed by atoms with Crippen molar-refractivity contribution in [2.75, 3.05) is 24.7 Å². The van der Waals surface area contributed by atoms with E-state index < -0.39 is 6.36 Å². The fraction of sp³-hybridized carbons (Fsp3) is 0.458. The second-order valence-corrected chi connectivity index (χ2v) is 8.62. The normalized spacial score (nSPS) is 24.1. The van der Waals surface area contributed by atoms with Gasteiger partial charge in [-0.3, -0.25) is 9.69 Å². The molecule has 6 nitrogen and oxygen atoms in total. The monoisotopic (exact) mass is 462 g/mol. The van der Waals surface area contributed by atoms with E-state index in [0.29, 0.717) is 43.2 Å². The van der Waals surface area contributed by atoms with Crippen LogP contribution in [0.5, 0.6) is 11.5 Å². The van der Waals surface area contributed by atoms with Gasteiger partial charge in [0.05, 0.1) is 18.3 Å². The second kappa shape index (κ2) is 8.87. The predicted octanol–water partition coefficient (Wildman–Crippen LogP) is 4.13. The van der Waals surface area contributed by atoms with E-state index in [2.05, 4.69) is 9.64 Å². The van der Waals surface area contributed by atoms with Crippen molar-refractivity contribution < 1.29 is 32.2 Å². The number of para-hydroxylation sites is 2. The summed E-state index contributed by atoms with van der Waals surface area (Å²) >= 11 is 0. The van der Waals surface area contributed by atoms with Gasteiger partial charge in [-0.1, -0.05) is 24.3 Å². The van der Waals surface area contributed by atoms with Crippen molar-refractivity contribution in [3.8, 4) is 11.5 Å². The van der Waals surface area contributed by atoms with Gasteiger partial charge < -0.3 is 19.1 Å². The Morgan fingerprint density at radius 3 is 2.48 bits per heavy atom. The van der Waals surface area contributed by atoms with Crippen LogP contribution >= 0.6 is 0 Å². The molecule has 33 heavy (non-hydrogen) atoms. The van der Waals surface area contributed by atoms with Crippen LogP contribution in [0.15, 0.2) is 48.5 Å². The number of hydrogen-bond acceptors (Lipinski definition) is 5. The number of alkyl halides is 3. The number of fused-ring (bicyclic) bond motifs is 3. The molecule has 2 aromatic carbocycles. The van der Waals surface area contributed by atoms with Gasteiger partial charge in [0.2, 0.25) is 5.91 Å². The lowest BCUT2D eigenvalue weighted by Crippen LogP contribution is -2.50. The van der Waals surface area contributed by atoms with Crippen LogP contribution in [0.25, 0.3) is 0 Å². The number of benzene rings is 2. The minimum absolute atomic E-state index is 0.0182. The number of halogens is 3. The lowest BCUT2D eigenvalue weighted by Gasteiger charge is -2.36. The van der Waals surface area contributed by atoms with Crippen molar-refractivity contribution >= 4 is 11.6 Å². The lowest BCUT2D eigenvalue weighted by molar-refractivity contribution is -0.274. The van der Waals surface area contributed by atoms with Crippen LogP contribution in [0.3, 0.4) is 0 Å². The van der Waals surface area contributed by atoms with Gasteiger partial charge >= 0.3 is 6.36 Å². The highest BCUT2D eigenvalue weighted by Crippen LogP contribution is 2.38. The van der Waals surface area contributed by atoms with E-state index in [1.165, 1.54) is 12.1 Å². The first kappa shape index (κ1) is 22.0. The Morgan fingerprint density at radius 1 is 1.03 bits per heavy atom. The first-order valence-corrected chi connectivity index (χ1v) is 11.1. The summed E-state index contributed by atoms with van der Waals surface area (Å²) in [5.41, 5.74) is 1.36. The molecule has 9 heteroatoms. The first-order chi connectivity index (χ1) is 15.9. The molecule has 0 aromatic heterocycles. The lowest BCUT2D eigenvalue weighted by atomic mass is 10.0. The van der Waals surface area contributed by atoms with E-state index in [1.54, 1.807) is 17.0 Å². The molecule has 2 saturated heterocycles. The molecule has 0 saturated carbocycles. The van der Waals surface area contributed by atoms with Gasteiger partial charge in [-0.2, -0.15) is 0 Å². The van der Waals surface area contributed by atoms with Gasteiger partial charge in [-0.15, -0.1) is 13.2 Å². The van der Waals surface area contributed by atoms with Gasteiger partial charge in [0, 0.05) is 32.2 Å². The van der Waals surface area contributed by atoms with Crippen molar-refractivity contribution in [3.05, 3.63) is 54.1 Å². The molecule has 2 bridgehead atoms. The molecule has 3 heterocycles. The smallest absolute Gasteiger partial charge is 0.487 e. The Bertz CT molecular complexity index is 992. The highest BCUT2D eigenvalue weighted by Gasteiger charge is 2.45. The maximum Gasteiger partial charge on any atom is 0.573 e. The van der Waals surface area contributed by atoms with Crippen LogP contribution in [0.2, 0.25) is 0 Å². The summed E-state index contributed by atoms with van der Waals surface area (Å²) in [5, 5.41) is 0. The molecule has 3 aliphatic rings. The van der Waals surface area contributed by atoms with Crippen molar-refractivity contribution in [3.63, 3.8) is 0 Å². The van der Waals surface area contributed by atoms with Gasteiger partial charge in [0.15, 0.2) is 0 Å². The van der Waals surface area contributed by atoms with Crippen LogP contribution in [-0.4, -0.2) is 55.1 Å². The zero-order valence-electron chi connectivity index (χ0n) is 18.0. The third-order valence-electron chi connectivity index (χ3n) is 6.46. The predicted molar refractivity (Wildman–Crippen MR) is 114 cm³/mol. The molecule has 0 unspecified atom stereocenters. The molecule has 1 amide bonds. The molecule has 0 N–H and O–H groups in total. The molecular weight excluding hydrogens is 437 g/mol. The molecule has 176 valence electrons. The average Bonchev–Trinajstić information content (AvgIpc) is 3.23. The van der Waals surface area contributed by atoms with Crippen molar-refractivity contribution in [2.45, 2.75) is 50.4 Å². The van der Waals surface area contributed by atoms with E-state index in [0.717, 1.165) is 12.8 Å². The van der Waals surface area contributed by atoms with Crippen LogP contribution < -0.4 is 14.4 Å². The highest BCUT2D eigenvalue weighted by molar-refractivity contribution is 5.99. The van der Waals surface area contributed by atoms with Crippen LogP contribution in [0.4, 0.5) is 18.9 Å². The van der Waals surface area contributed by atoms with Crippen molar-refractivity contribution in [2.24, 2.45) is 0 Å². The van der Waals surface area contributed by atoms with E-state index in [-0.39, 0.29) is 36.4 Å². The fourth-order valence-electron chi connectivity index (χ4n) is 4.97.